The first kappa shape index (κ1) is 8.23. The van der Waals surface area contributed by atoms with Crippen molar-refractivity contribution in [1.82, 2.24) is 9.97 Å². The summed E-state index contributed by atoms with van der Waals surface area (Å²) in [4.78, 5) is 7.22. The maximum atomic E-state index is 13.5. The molecule has 0 aliphatic rings. The molecule has 1 N–H and O–H groups in total. The lowest BCUT2D eigenvalue weighted by atomic mass is 10.2. The van der Waals surface area contributed by atoms with Gasteiger partial charge < -0.3 is 4.98 Å². The summed E-state index contributed by atoms with van der Waals surface area (Å²) in [7, 11) is 0. The van der Waals surface area contributed by atoms with Crippen molar-refractivity contribution in [3.63, 3.8) is 0 Å². The number of aromatic nitrogens is 2. The number of imidazole rings is 1. The summed E-state index contributed by atoms with van der Waals surface area (Å²) in [5, 5.41) is 0. The van der Waals surface area contributed by atoms with Crippen molar-refractivity contribution in [2.24, 2.45) is 0 Å². The van der Waals surface area contributed by atoms with Crippen LogP contribution in [0.1, 0.15) is 18.3 Å². The Morgan fingerprint density at radius 3 is 2.92 bits per heavy atom. The molecule has 0 saturated carbocycles. The second-order valence-electron chi connectivity index (χ2n) is 3.13. The molecule has 0 aliphatic carbocycles. The van der Waals surface area contributed by atoms with Crippen LogP contribution in [-0.2, 0) is 6.42 Å². The molecule has 13 heavy (non-hydrogen) atoms. The molecule has 2 aromatic rings. The zero-order valence-corrected chi connectivity index (χ0v) is 7.69. The van der Waals surface area contributed by atoms with Crippen molar-refractivity contribution < 1.29 is 4.39 Å². The van der Waals surface area contributed by atoms with Gasteiger partial charge in [-0.1, -0.05) is 13.0 Å². The fourth-order valence-electron chi connectivity index (χ4n) is 1.36. The van der Waals surface area contributed by atoms with Gasteiger partial charge in [-0.25, -0.2) is 9.37 Å². The third-order valence-corrected chi connectivity index (χ3v) is 2.17. The van der Waals surface area contributed by atoms with Crippen LogP contribution in [0.15, 0.2) is 12.1 Å². The Labute approximate surface area is 75.8 Å². The highest BCUT2D eigenvalue weighted by atomic mass is 19.1. The van der Waals surface area contributed by atoms with Gasteiger partial charge in [-0.15, -0.1) is 0 Å². The Bertz CT molecular complexity index is 445. The van der Waals surface area contributed by atoms with E-state index in [9.17, 15) is 4.39 Å². The van der Waals surface area contributed by atoms with Gasteiger partial charge in [0, 0.05) is 6.42 Å². The number of H-pyrrole nitrogens is 1. The molecule has 0 atom stereocenters. The number of halogens is 1. The maximum Gasteiger partial charge on any atom is 0.153 e. The topological polar surface area (TPSA) is 28.7 Å². The minimum absolute atomic E-state index is 0.214. The Balaban J connectivity index is 2.76. The van der Waals surface area contributed by atoms with E-state index in [0.717, 1.165) is 17.8 Å². The van der Waals surface area contributed by atoms with Crippen LogP contribution in [0.4, 0.5) is 4.39 Å². The van der Waals surface area contributed by atoms with Crippen LogP contribution in [0.3, 0.4) is 0 Å². The van der Waals surface area contributed by atoms with E-state index in [4.69, 9.17) is 0 Å². The van der Waals surface area contributed by atoms with Crippen LogP contribution in [0, 0.1) is 12.7 Å². The van der Waals surface area contributed by atoms with Crippen molar-refractivity contribution >= 4 is 11.0 Å². The van der Waals surface area contributed by atoms with Crippen molar-refractivity contribution in [3.05, 3.63) is 29.3 Å². The van der Waals surface area contributed by atoms with Gasteiger partial charge in [-0.05, 0) is 18.6 Å². The number of aryl methyl sites for hydroxylation is 2. The molecule has 0 radical (unpaired) electrons. The van der Waals surface area contributed by atoms with Gasteiger partial charge in [0.2, 0.25) is 0 Å². The molecule has 2 rings (SSSR count). The highest BCUT2D eigenvalue weighted by Gasteiger charge is 2.07. The molecule has 1 heterocycles. The molecule has 68 valence electrons. The van der Waals surface area contributed by atoms with Crippen molar-refractivity contribution in [3.8, 4) is 0 Å². The Kier molecular flexibility index (Phi) is 1.79. The molecule has 0 aliphatic heterocycles. The van der Waals surface area contributed by atoms with Gasteiger partial charge in [0.1, 0.15) is 11.3 Å². The average molecular weight is 178 g/mol. The van der Waals surface area contributed by atoms with E-state index in [1.54, 1.807) is 13.0 Å². The number of nitrogens with zero attached hydrogens (tertiary/aromatic N) is 1. The highest BCUT2D eigenvalue weighted by Crippen LogP contribution is 2.18. The average Bonchev–Trinajstić information content (AvgIpc) is 2.55. The van der Waals surface area contributed by atoms with Crippen LogP contribution < -0.4 is 0 Å². The lowest BCUT2D eigenvalue weighted by Gasteiger charge is -1.94. The predicted molar refractivity (Wildman–Crippen MR) is 50.2 cm³/mol. The summed E-state index contributed by atoms with van der Waals surface area (Å²) in [6, 6.07) is 3.62. The molecule has 3 heteroatoms. The zero-order valence-electron chi connectivity index (χ0n) is 7.69. The first-order valence-corrected chi connectivity index (χ1v) is 4.36. The molecule has 0 fully saturated rings. The van der Waals surface area contributed by atoms with E-state index in [2.05, 4.69) is 9.97 Å². The van der Waals surface area contributed by atoms with Crippen molar-refractivity contribution in [1.29, 1.82) is 0 Å². The molecule has 1 aromatic heterocycles. The summed E-state index contributed by atoms with van der Waals surface area (Å²) in [5.74, 6) is 0.618. The van der Waals surface area contributed by atoms with Gasteiger partial charge in [0.25, 0.3) is 0 Å². The second kappa shape index (κ2) is 2.83. The van der Waals surface area contributed by atoms with Crippen LogP contribution in [0.25, 0.3) is 11.0 Å². The molecule has 0 unspecified atom stereocenters. The molecular weight excluding hydrogens is 167 g/mol. The number of benzene rings is 1. The monoisotopic (exact) mass is 178 g/mol. The third kappa shape index (κ3) is 1.20. The van der Waals surface area contributed by atoms with Crippen molar-refractivity contribution in [2.75, 3.05) is 0 Å². The molecule has 1 aromatic carbocycles. The zero-order chi connectivity index (χ0) is 9.42. The van der Waals surface area contributed by atoms with Crippen LogP contribution >= 0.6 is 0 Å². The number of hydrogen-bond donors (Lipinski definition) is 1. The van der Waals surface area contributed by atoms with Gasteiger partial charge in [0.05, 0.1) is 5.52 Å². The minimum atomic E-state index is -0.214. The molecule has 2 nitrogen and oxygen atoms in total. The Morgan fingerprint density at radius 2 is 2.23 bits per heavy atom. The molecular formula is C10H11FN2. The highest BCUT2D eigenvalue weighted by molar-refractivity contribution is 5.76. The van der Waals surface area contributed by atoms with Crippen molar-refractivity contribution in [2.45, 2.75) is 20.3 Å². The number of nitrogens with one attached hydrogen (secondary N) is 1. The number of hydrogen-bond acceptors (Lipinski definition) is 1. The van der Waals surface area contributed by atoms with Crippen LogP contribution in [-0.4, -0.2) is 9.97 Å². The summed E-state index contributed by atoms with van der Waals surface area (Å²) >= 11 is 0. The summed E-state index contributed by atoms with van der Waals surface area (Å²) < 4.78 is 13.5. The van der Waals surface area contributed by atoms with E-state index in [-0.39, 0.29) is 5.82 Å². The van der Waals surface area contributed by atoms with E-state index >= 15 is 0 Å². The summed E-state index contributed by atoms with van der Waals surface area (Å²) in [5.41, 5.74) is 1.87. The predicted octanol–water partition coefficient (Wildman–Crippen LogP) is 2.57. The first-order valence-electron chi connectivity index (χ1n) is 4.36. The second-order valence-corrected chi connectivity index (χ2v) is 3.13. The normalized spacial score (nSPS) is 11.0. The number of rotatable bonds is 1. The van der Waals surface area contributed by atoms with E-state index in [0.29, 0.717) is 11.1 Å². The molecule has 0 bridgehead atoms. The standard InChI is InChI=1S/C10H11FN2/c1-3-8-12-7-5-4-6(2)9(11)10(7)13-8/h4-5H,3H2,1-2H3,(H,12,13). The third-order valence-electron chi connectivity index (χ3n) is 2.17. The van der Waals surface area contributed by atoms with Gasteiger partial charge in [-0.3, -0.25) is 0 Å². The lowest BCUT2D eigenvalue weighted by Crippen LogP contribution is -1.83. The van der Waals surface area contributed by atoms with Gasteiger partial charge in [-0.2, -0.15) is 0 Å². The largest absolute Gasteiger partial charge is 0.342 e. The van der Waals surface area contributed by atoms with Gasteiger partial charge in [0.15, 0.2) is 5.82 Å². The lowest BCUT2D eigenvalue weighted by molar-refractivity contribution is 0.628. The molecule has 0 spiro atoms. The van der Waals surface area contributed by atoms with E-state index < -0.39 is 0 Å². The van der Waals surface area contributed by atoms with Crippen LogP contribution in [0.5, 0.6) is 0 Å². The SMILES string of the molecule is CCc1nc2c(F)c(C)ccc2[nH]1. The fourth-order valence-corrected chi connectivity index (χ4v) is 1.36. The molecule has 0 saturated heterocycles. The fraction of sp³-hybridized carbons (Fsp3) is 0.300. The smallest absolute Gasteiger partial charge is 0.153 e. The number of aromatic amines is 1. The Hall–Kier alpha value is -1.38. The molecule has 0 amide bonds. The Morgan fingerprint density at radius 1 is 1.46 bits per heavy atom. The van der Waals surface area contributed by atoms with E-state index in [1.807, 2.05) is 13.0 Å². The maximum absolute atomic E-state index is 13.5. The quantitative estimate of drug-likeness (QED) is 0.714. The number of fused-ring (bicyclic) bond motifs is 1. The summed E-state index contributed by atoms with van der Waals surface area (Å²) in [6.45, 7) is 3.73. The minimum Gasteiger partial charge on any atom is -0.342 e. The summed E-state index contributed by atoms with van der Waals surface area (Å²) in [6.07, 6.45) is 0.799. The van der Waals surface area contributed by atoms with Gasteiger partial charge >= 0.3 is 0 Å². The first-order chi connectivity index (χ1) is 6.22. The van der Waals surface area contributed by atoms with E-state index in [1.165, 1.54) is 0 Å². The van der Waals surface area contributed by atoms with Crippen LogP contribution in [0.2, 0.25) is 0 Å².